The van der Waals surface area contributed by atoms with Gasteiger partial charge in [0.2, 0.25) is 0 Å². The van der Waals surface area contributed by atoms with E-state index in [1.165, 1.54) is 49.0 Å². The van der Waals surface area contributed by atoms with Crippen molar-refractivity contribution in [2.45, 2.75) is 12.5 Å². The van der Waals surface area contributed by atoms with Crippen LogP contribution in [0.1, 0.15) is 6.42 Å². The van der Waals surface area contributed by atoms with Crippen LogP contribution in [0, 0.1) is 0 Å². The molecule has 1 atom stereocenters. The molecule has 9 aromatic rings. The van der Waals surface area contributed by atoms with Crippen LogP contribution in [0.15, 0.2) is 167 Å². The topological polar surface area (TPSA) is 29.5 Å². The van der Waals surface area contributed by atoms with Crippen molar-refractivity contribution < 1.29 is 8.83 Å². The van der Waals surface area contributed by atoms with Crippen LogP contribution in [0.4, 0.5) is 11.4 Å². The quantitative estimate of drug-likeness (QED) is 0.190. The lowest BCUT2D eigenvalue weighted by molar-refractivity contribution is 0.568. The molecule has 0 spiro atoms. The molecular weight excluding hydrogens is 599 g/mol. The van der Waals surface area contributed by atoms with Crippen molar-refractivity contribution in [3.05, 3.63) is 168 Å². The average molecular weight is 630 g/mol. The van der Waals surface area contributed by atoms with E-state index in [1.54, 1.807) is 0 Å². The molecule has 232 valence electrons. The molecule has 0 N–H and O–H groups in total. The minimum Gasteiger partial charge on any atom is -0.456 e. The summed E-state index contributed by atoms with van der Waals surface area (Å²) in [4.78, 5) is 2.47. The summed E-state index contributed by atoms with van der Waals surface area (Å²) in [6.07, 6.45) is 5.50. The fourth-order valence-electron chi connectivity index (χ4n) is 7.67. The summed E-state index contributed by atoms with van der Waals surface area (Å²) in [5, 5.41) is 7.09. The van der Waals surface area contributed by atoms with E-state index >= 15 is 0 Å². The molecule has 2 aromatic heterocycles. The molecule has 3 nitrogen and oxygen atoms in total. The van der Waals surface area contributed by atoms with Crippen LogP contribution >= 0.6 is 0 Å². The van der Waals surface area contributed by atoms with Gasteiger partial charge in [0, 0.05) is 38.3 Å². The molecular formula is C46H31NO2. The van der Waals surface area contributed by atoms with E-state index < -0.39 is 0 Å². The molecule has 0 amide bonds. The van der Waals surface area contributed by atoms with Gasteiger partial charge in [-0.15, -0.1) is 0 Å². The van der Waals surface area contributed by atoms with Gasteiger partial charge >= 0.3 is 0 Å². The van der Waals surface area contributed by atoms with Gasteiger partial charge in [0.15, 0.2) is 0 Å². The lowest BCUT2D eigenvalue weighted by atomic mass is 9.96. The molecule has 7 aromatic carbocycles. The molecule has 3 heteroatoms. The largest absolute Gasteiger partial charge is 0.456 e. The number of nitrogens with zero attached hydrogens (tertiary/aromatic N) is 1. The summed E-state index contributed by atoms with van der Waals surface area (Å²) in [6, 6.07) is 56.1. The van der Waals surface area contributed by atoms with Crippen molar-refractivity contribution in [3.63, 3.8) is 0 Å². The molecule has 49 heavy (non-hydrogen) atoms. The third-order valence-electron chi connectivity index (χ3n) is 9.99. The van der Waals surface area contributed by atoms with E-state index in [-0.39, 0.29) is 6.04 Å². The van der Waals surface area contributed by atoms with Crippen LogP contribution in [-0.2, 0) is 0 Å². The zero-order valence-electron chi connectivity index (χ0n) is 26.7. The Morgan fingerprint density at radius 2 is 1.20 bits per heavy atom. The monoisotopic (exact) mass is 629 g/mol. The predicted molar refractivity (Wildman–Crippen MR) is 203 cm³/mol. The van der Waals surface area contributed by atoms with Crippen molar-refractivity contribution in [2.24, 2.45) is 0 Å². The van der Waals surface area contributed by atoms with Gasteiger partial charge in [-0.1, -0.05) is 121 Å². The average Bonchev–Trinajstić information content (AvgIpc) is 3.74. The lowest BCUT2D eigenvalue weighted by Crippen LogP contribution is -2.36. The number of anilines is 2. The van der Waals surface area contributed by atoms with Crippen LogP contribution in [0.25, 0.3) is 78.1 Å². The second kappa shape index (κ2) is 11.1. The Morgan fingerprint density at radius 1 is 0.510 bits per heavy atom. The van der Waals surface area contributed by atoms with Gasteiger partial charge in [0.25, 0.3) is 0 Å². The van der Waals surface area contributed by atoms with E-state index in [4.69, 9.17) is 8.83 Å². The van der Waals surface area contributed by atoms with E-state index in [2.05, 4.69) is 157 Å². The molecule has 0 saturated heterocycles. The highest BCUT2D eigenvalue weighted by Gasteiger charge is 2.24. The Balaban J connectivity index is 1.11. The normalized spacial score (nSPS) is 14.2. The Hall–Kier alpha value is -6.32. The number of benzene rings is 7. The SMILES string of the molecule is C1=c2oc3ccccc3c2=CCC1N(c1ccc(-c2ccc3ccc4oc5ccccc5c4c3c2)cc1)c1ccccc1-c1ccccc1. The van der Waals surface area contributed by atoms with Gasteiger partial charge in [0.05, 0.1) is 6.04 Å². The van der Waals surface area contributed by atoms with Gasteiger partial charge < -0.3 is 13.7 Å². The summed E-state index contributed by atoms with van der Waals surface area (Å²) in [6.45, 7) is 0. The number of hydrogen-bond acceptors (Lipinski definition) is 3. The van der Waals surface area contributed by atoms with E-state index in [9.17, 15) is 0 Å². The highest BCUT2D eigenvalue weighted by atomic mass is 16.3. The lowest BCUT2D eigenvalue weighted by Gasteiger charge is -2.34. The van der Waals surface area contributed by atoms with Crippen molar-refractivity contribution in [1.29, 1.82) is 0 Å². The maximum Gasteiger partial charge on any atom is 0.136 e. The van der Waals surface area contributed by atoms with Gasteiger partial charge in [-0.3, -0.25) is 0 Å². The van der Waals surface area contributed by atoms with Gasteiger partial charge in [0.1, 0.15) is 22.2 Å². The Morgan fingerprint density at radius 3 is 2.06 bits per heavy atom. The third kappa shape index (κ3) is 4.58. The van der Waals surface area contributed by atoms with Crippen LogP contribution in [0.5, 0.6) is 0 Å². The first-order chi connectivity index (χ1) is 24.3. The van der Waals surface area contributed by atoms with Gasteiger partial charge in [-0.25, -0.2) is 0 Å². The fraction of sp³-hybridized carbons (Fsp3) is 0.0435. The number of fused-ring (bicyclic) bond motifs is 8. The van der Waals surface area contributed by atoms with Crippen LogP contribution in [0.3, 0.4) is 0 Å². The molecule has 0 bridgehead atoms. The number of rotatable bonds is 5. The van der Waals surface area contributed by atoms with Gasteiger partial charge in [-0.05, 0) is 82.4 Å². The molecule has 1 unspecified atom stereocenters. The Kier molecular flexibility index (Phi) is 6.31. The van der Waals surface area contributed by atoms with E-state index in [0.717, 1.165) is 45.3 Å². The molecule has 1 aliphatic rings. The third-order valence-corrected chi connectivity index (χ3v) is 9.99. The summed E-state index contributed by atoms with van der Waals surface area (Å²) >= 11 is 0. The standard InChI is InChI=1S/C46H31NO2/c1-2-10-31(11-3-1)36-12-4-7-15-41(36)47(35-25-26-38-37-13-5-8-16-42(37)49-45(38)29-35)34-23-20-30(21-24-34)33-19-18-32-22-27-44-46(40(32)28-33)39-14-6-9-17-43(39)48-44/h1-24,26-29,35H,25H2. The number of furan rings is 2. The summed E-state index contributed by atoms with van der Waals surface area (Å²) < 4.78 is 12.6. The molecule has 10 rings (SSSR count). The molecule has 0 radical (unpaired) electrons. The molecule has 0 aliphatic heterocycles. The maximum absolute atomic E-state index is 6.40. The summed E-state index contributed by atoms with van der Waals surface area (Å²) in [5.41, 5.74) is 10.7. The number of hydrogen-bond donors (Lipinski definition) is 0. The van der Waals surface area contributed by atoms with Crippen molar-refractivity contribution >= 4 is 67.2 Å². The van der Waals surface area contributed by atoms with Crippen LogP contribution in [0.2, 0.25) is 0 Å². The Bertz CT molecular complexity index is 2810. The van der Waals surface area contributed by atoms with Gasteiger partial charge in [-0.2, -0.15) is 0 Å². The predicted octanol–water partition coefficient (Wildman–Crippen LogP) is 11.0. The van der Waals surface area contributed by atoms with Crippen molar-refractivity contribution in [1.82, 2.24) is 0 Å². The van der Waals surface area contributed by atoms with Crippen molar-refractivity contribution in [2.75, 3.05) is 4.90 Å². The van der Waals surface area contributed by atoms with E-state index in [1.807, 2.05) is 18.2 Å². The molecule has 0 fully saturated rings. The second-order valence-corrected chi connectivity index (χ2v) is 12.8. The van der Waals surface area contributed by atoms with Crippen molar-refractivity contribution in [3.8, 4) is 22.3 Å². The smallest absolute Gasteiger partial charge is 0.136 e. The second-order valence-electron chi connectivity index (χ2n) is 12.8. The summed E-state index contributed by atoms with van der Waals surface area (Å²) in [5.74, 6) is 0. The first-order valence-electron chi connectivity index (χ1n) is 16.9. The van der Waals surface area contributed by atoms with Crippen LogP contribution < -0.4 is 15.5 Å². The minimum absolute atomic E-state index is 0.0621. The molecule has 1 aliphatic carbocycles. The molecule has 0 saturated carbocycles. The highest BCUT2D eigenvalue weighted by molar-refractivity contribution is 6.19. The molecule has 2 heterocycles. The fourth-order valence-corrected chi connectivity index (χ4v) is 7.67. The Labute approximate surface area is 283 Å². The number of para-hydroxylation sites is 3. The first kappa shape index (κ1) is 27.8. The summed E-state index contributed by atoms with van der Waals surface area (Å²) in [7, 11) is 0. The highest BCUT2D eigenvalue weighted by Crippen LogP contribution is 2.40. The maximum atomic E-state index is 6.40. The minimum atomic E-state index is 0.0621. The van der Waals surface area contributed by atoms with Crippen LogP contribution in [-0.4, -0.2) is 6.04 Å². The van der Waals surface area contributed by atoms with E-state index in [0.29, 0.717) is 0 Å². The zero-order chi connectivity index (χ0) is 32.3. The zero-order valence-corrected chi connectivity index (χ0v) is 26.7. The first-order valence-corrected chi connectivity index (χ1v) is 16.9.